The van der Waals surface area contributed by atoms with Crippen LogP contribution in [0.4, 0.5) is 5.69 Å². The predicted octanol–water partition coefficient (Wildman–Crippen LogP) is 3.84. The number of nitrogens with zero attached hydrogens (tertiary/aromatic N) is 1. The molecule has 0 aromatic heterocycles. The quantitative estimate of drug-likeness (QED) is 0.595. The first-order valence-electron chi connectivity index (χ1n) is 9.92. The first kappa shape index (κ1) is 17.7. The molecule has 0 unspecified atom stereocenters. The van der Waals surface area contributed by atoms with Crippen LogP contribution in [0.1, 0.15) is 34.2 Å². The van der Waals surface area contributed by atoms with Crippen molar-refractivity contribution < 1.29 is 17.9 Å². The van der Waals surface area contributed by atoms with Crippen LogP contribution in [0, 0.1) is 6.92 Å². The van der Waals surface area contributed by atoms with Gasteiger partial charge in [-0.05, 0) is 41.8 Å². The summed E-state index contributed by atoms with van der Waals surface area (Å²) in [6.07, 6.45) is 0. The van der Waals surface area contributed by atoms with Crippen molar-refractivity contribution in [2.24, 2.45) is 0 Å². The van der Waals surface area contributed by atoms with Crippen LogP contribution in [0.5, 0.6) is 0 Å². The molecule has 0 N–H and O–H groups in total. The molecule has 1 aliphatic carbocycles. The van der Waals surface area contributed by atoms with Gasteiger partial charge in [-0.15, -0.1) is 0 Å². The highest BCUT2D eigenvalue weighted by Gasteiger charge is 2.69. The maximum absolute atomic E-state index is 13.9. The molecular weight excluding hydrogens is 398 g/mol. The molecule has 3 aromatic carbocycles. The van der Waals surface area contributed by atoms with Gasteiger partial charge in [0.1, 0.15) is 6.61 Å². The van der Waals surface area contributed by atoms with Gasteiger partial charge in [0.05, 0.1) is 28.0 Å². The third kappa shape index (κ3) is 1.97. The zero-order valence-electron chi connectivity index (χ0n) is 16.3. The zero-order valence-corrected chi connectivity index (χ0v) is 17.1. The van der Waals surface area contributed by atoms with Gasteiger partial charge in [-0.3, -0.25) is 9.10 Å². The van der Waals surface area contributed by atoms with Gasteiger partial charge < -0.3 is 4.74 Å². The van der Waals surface area contributed by atoms with Crippen LogP contribution in [-0.2, 0) is 25.0 Å². The molecule has 0 bridgehead atoms. The summed E-state index contributed by atoms with van der Waals surface area (Å²) in [7, 11) is -3.86. The van der Waals surface area contributed by atoms with Crippen LogP contribution in [0.15, 0.2) is 77.7 Å². The second-order valence-electron chi connectivity index (χ2n) is 8.24. The standard InChI is InChI=1S/C24H19NO4S/c1-15-10-12-16(13-11-15)30(27,28)25-20-9-5-4-8-19(20)24-14-29-23(26)21(24)17-6-2-3-7-18(17)22(24)25/h2-13,21-22H,14H2,1H3/t21-,22+,24-/m0/s1. The first-order valence-corrected chi connectivity index (χ1v) is 11.4. The van der Waals surface area contributed by atoms with Crippen molar-refractivity contribution in [3.8, 4) is 0 Å². The van der Waals surface area contributed by atoms with Crippen molar-refractivity contribution in [1.82, 2.24) is 0 Å². The van der Waals surface area contributed by atoms with Gasteiger partial charge >= 0.3 is 5.97 Å². The third-order valence-electron chi connectivity index (χ3n) is 6.75. The normalized spacial score (nSPS) is 26.0. The molecule has 3 aliphatic rings. The van der Waals surface area contributed by atoms with Gasteiger partial charge in [0.15, 0.2) is 0 Å². The molecule has 6 rings (SSSR count). The van der Waals surface area contributed by atoms with Gasteiger partial charge in [-0.2, -0.15) is 0 Å². The van der Waals surface area contributed by atoms with Gasteiger partial charge in [-0.25, -0.2) is 8.42 Å². The zero-order chi connectivity index (χ0) is 20.7. The molecule has 1 spiro atoms. The Morgan fingerprint density at radius 1 is 0.933 bits per heavy atom. The summed E-state index contributed by atoms with van der Waals surface area (Å²) >= 11 is 0. The average molecular weight is 417 g/mol. The lowest BCUT2D eigenvalue weighted by Gasteiger charge is -2.31. The minimum atomic E-state index is -3.86. The number of aryl methyl sites for hydroxylation is 1. The number of hydrogen-bond donors (Lipinski definition) is 0. The van der Waals surface area contributed by atoms with Crippen LogP contribution in [0.2, 0.25) is 0 Å². The SMILES string of the molecule is Cc1ccc(S(=O)(=O)N2c3ccccc3[C@@]34COC(=O)[C@@H]3c3ccccc3[C@@H]24)cc1. The van der Waals surface area contributed by atoms with Crippen LogP contribution in [0.25, 0.3) is 0 Å². The molecule has 1 fully saturated rings. The van der Waals surface area contributed by atoms with Crippen molar-refractivity contribution >= 4 is 21.7 Å². The molecule has 30 heavy (non-hydrogen) atoms. The fourth-order valence-electron chi connectivity index (χ4n) is 5.52. The molecule has 150 valence electrons. The van der Waals surface area contributed by atoms with E-state index in [-0.39, 0.29) is 17.5 Å². The van der Waals surface area contributed by atoms with Crippen LogP contribution < -0.4 is 4.31 Å². The molecule has 0 radical (unpaired) electrons. The largest absolute Gasteiger partial charge is 0.464 e. The molecule has 1 saturated heterocycles. The van der Waals surface area contributed by atoms with Crippen molar-refractivity contribution in [3.63, 3.8) is 0 Å². The second kappa shape index (κ2) is 5.73. The molecule has 2 aliphatic heterocycles. The Labute approximate surface area is 175 Å². The first-order chi connectivity index (χ1) is 14.5. The Morgan fingerprint density at radius 3 is 2.37 bits per heavy atom. The number of para-hydroxylation sites is 1. The number of anilines is 1. The lowest BCUT2D eigenvalue weighted by molar-refractivity contribution is -0.139. The number of rotatable bonds is 2. The van der Waals surface area contributed by atoms with Gasteiger partial charge in [0.2, 0.25) is 0 Å². The van der Waals surface area contributed by atoms with Crippen LogP contribution >= 0.6 is 0 Å². The molecule has 5 nitrogen and oxygen atoms in total. The van der Waals surface area contributed by atoms with E-state index >= 15 is 0 Å². The second-order valence-corrected chi connectivity index (χ2v) is 10.1. The Morgan fingerprint density at radius 2 is 1.60 bits per heavy atom. The van der Waals surface area contributed by atoms with Crippen LogP contribution in [-0.4, -0.2) is 21.0 Å². The minimum absolute atomic E-state index is 0.173. The van der Waals surface area contributed by atoms with E-state index in [4.69, 9.17) is 4.74 Å². The Kier molecular flexibility index (Phi) is 3.38. The number of benzene rings is 3. The van der Waals surface area contributed by atoms with E-state index < -0.39 is 27.4 Å². The third-order valence-corrected chi connectivity index (χ3v) is 8.54. The van der Waals surface area contributed by atoms with Crippen molar-refractivity contribution in [1.29, 1.82) is 0 Å². The Balaban J connectivity index is 1.66. The monoisotopic (exact) mass is 417 g/mol. The summed E-state index contributed by atoms with van der Waals surface area (Å²) in [6, 6.07) is 21.5. The highest BCUT2D eigenvalue weighted by Crippen LogP contribution is 2.67. The number of carbonyl (C=O) groups excluding carboxylic acids is 1. The lowest BCUT2D eigenvalue weighted by atomic mass is 9.72. The predicted molar refractivity (Wildman–Crippen MR) is 112 cm³/mol. The summed E-state index contributed by atoms with van der Waals surface area (Å²) in [6.45, 7) is 2.10. The average Bonchev–Trinajstić information content (AvgIpc) is 3.34. The van der Waals surface area contributed by atoms with Gasteiger partial charge in [0.25, 0.3) is 10.0 Å². The summed E-state index contributed by atoms with van der Waals surface area (Å²) in [5.74, 6) is -0.785. The molecule has 0 amide bonds. The fourth-order valence-corrected chi connectivity index (χ4v) is 7.22. The smallest absolute Gasteiger partial charge is 0.314 e. The number of hydrogen-bond acceptors (Lipinski definition) is 4. The Hall–Kier alpha value is -3.12. The number of fused-ring (bicyclic) bond motifs is 4. The van der Waals surface area contributed by atoms with E-state index in [9.17, 15) is 13.2 Å². The lowest BCUT2D eigenvalue weighted by Crippen LogP contribution is -2.40. The molecule has 6 heteroatoms. The summed E-state index contributed by atoms with van der Waals surface area (Å²) in [5.41, 5.74) is 3.48. The number of cyclic esters (lactones) is 1. The fraction of sp³-hybridized carbons (Fsp3) is 0.208. The maximum Gasteiger partial charge on any atom is 0.314 e. The van der Waals surface area contributed by atoms with Crippen LogP contribution in [0.3, 0.4) is 0 Å². The molecular formula is C24H19NO4S. The van der Waals surface area contributed by atoms with E-state index in [1.165, 1.54) is 4.31 Å². The molecule has 2 heterocycles. The number of sulfonamides is 1. The molecule has 3 atom stereocenters. The summed E-state index contributed by atoms with van der Waals surface area (Å²) in [4.78, 5) is 13.1. The molecule has 3 aromatic rings. The van der Waals surface area contributed by atoms with E-state index in [2.05, 4.69) is 0 Å². The summed E-state index contributed by atoms with van der Waals surface area (Å²) < 4.78 is 34.9. The topological polar surface area (TPSA) is 63.7 Å². The highest BCUT2D eigenvalue weighted by atomic mass is 32.2. The van der Waals surface area contributed by atoms with Gasteiger partial charge in [-0.1, -0.05) is 60.2 Å². The van der Waals surface area contributed by atoms with E-state index in [1.807, 2.05) is 55.5 Å². The number of esters is 1. The highest BCUT2D eigenvalue weighted by molar-refractivity contribution is 7.92. The summed E-state index contributed by atoms with van der Waals surface area (Å²) in [5, 5.41) is 0. The van der Waals surface area contributed by atoms with E-state index in [0.29, 0.717) is 5.69 Å². The number of ether oxygens (including phenoxy) is 1. The van der Waals surface area contributed by atoms with Crippen molar-refractivity contribution in [2.75, 3.05) is 10.9 Å². The van der Waals surface area contributed by atoms with Crippen molar-refractivity contribution in [3.05, 3.63) is 95.1 Å². The van der Waals surface area contributed by atoms with E-state index in [1.54, 1.807) is 24.3 Å². The van der Waals surface area contributed by atoms with Gasteiger partial charge in [0, 0.05) is 0 Å². The Bertz CT molecular complexity index is 1320. The minimum Gasteiger partial charge on any atom is -0.464 e. The molecule has 0 saturated carbocycles. The number of carbonyl (C=O) groups is 1. The maximum atomic E-state index is 13.9. The van der Waals surface area contributed by atoms with E-state index in [0.717, 1.165) is 22.3 Å². The van der Waals surface area contributed by atoms with Crippen molar-refractivity contribution in [2.45, 2.75) is 29.2 Å².